The van der Waals surface area contributed by atoms with Gasteiger partial charge in [0.15, 0.2) is 0 Å². The smallest absolute Gasteiger partial charge is 0.0537 e. The van der Waals surface area contributed by atoms with Crippen molar-refractivity contribution < 1.29 is 0 Å². The van der Waals surface area contributed by atoms with Crippen molar-refractivity contribution in [1.82, 2.24) is 15.1 Å². The molecule has 3 heteroatoms. The van der Waals surface area contributed by atoms with Gasteiger partial charge in [0.2, 0.25) is 0 Å². The molecule has 0 spiro atoms. The fourth-order valence-electron chi connectivity index (χ4n) is 1.54. The first kappa shape index (κ1) is 11.2. The summed E-state index contributed by atoms with van der Waals surface area (Å²) in [5, 5.41) is 7.72. The zero-order valence-electron chi connectivity index (χ0n) is 9.67. The Morgan fingerprint density at radius 1 is 1.57 bits per heavy atom. The highest BCUT2D eigenvalue weighted by molar-refractivity contribution is 5.15. The standard InChI is InChI=1S/C11H21N3/c1-5-6-9(2)12-7-11-8-13-14(4)10(11)3/h8-9,12H,5-7H2,1-4H3. The van der Waals surface area contributed by atoms with Crippen LogP contribution in [0.5, 0.6) is 0 Å². The van der Waals surface area contributed by atoms with Crippen LogP contribution in [-0.4, -0.2) is 15.8 Å². The second-order valence-electron chi connectivity index (χ2n) is 3.95. The molecule has 1 N–H and O–H groups in total. The molecule has 3 nitrogen and oxygen atoms in total. The van der Waals surface area contributed by atoms with Crippen LogP contribution < -0.4 is 5.32 Å². The molecule has 0 saturated carbocycles. The molecule has 80 valence electrons. The molecule has 1 aromatic rings. The van der Waals surface area contributed by atoms with Gasteiger partial charge in [-0.2, -0.15) is 5.10 Å². The van der Waals surface area contributed by atoms with Crippen molar-refractivity contribution in [2.75, 3.05) is 0 Å². The number of aromatic nitrogens is 2. The summed E-state index contributed by atoms with van der Waals surface area (Å²) < 4.78 is 1.92. The summed E-state index contributed by atoms with van der Waals surface area (Å²) in [6, 6.07) is 0.597. The topological polar surface area (TPSA) is 29.9 Å². The average Bonchev–Trinajstić information content (AvgIpc) is 2.46. The first-order chi connectivity index (χ1) is 6.65. The maximum Gasteiger partial charge on any atom is 0.0537 e. The van der Waals surface area contributed by atoms with Gasteiger partial charge in [-0.3, -0.25) is 4.68 Å². The Morgan fingerprint density at radius 3 is 2.79 bits per heavy atom. The molecule has 0 radical (unpaired) electrons. The lowest BCUT2D eigenvalue weighted by atomic mass is 10.2. The Morgan fingerprint density at radius 2 is 2.29 bits per heavy atom. The van der Waals surface area contributed by atoms with E-state index in [1.807, 2.05) is 17.9 Å². The van der Waals surface area contributed by atoms with E-state index in [1.165, 1.54) is 24.1 Å². The molecule has 0 bridgehead atoms. The van der Waals surface area contributed by atoms with E-state index in [0.717, 1.165) is 6.54 Å². The number of hydrogen-bond acceptors (Lipinski definition) is 2. The maximum absolute atomic E-state index is 4.22. The molecule has 1 atom stereocenters. The third-order valence-electron chi connectivity index (χ3n) is 2.70. The first-order valence-electron chi connectivity index (χ1n) is 5.36. The summed E-state index contributed by atoms with van der Waals surface area (Å²) in [7, 11) is 1.98. The molecule has 0 aliphatic carbocycles. The van der Waals surface area contributed by atoms with Crippen molar-refractivity contribution in [2.45, 2.75) is 46.2 Å². The Labute approximate surface area is 86.5 Å². The van der Waals surface area contributed by atoms with E-state index < -0.39 is 0 Å². The Kier molecular flexibility index (Phi) is 4.14. The van der Waals surface area contributed by atoms with Crippen LogP contribution in [-0.2, 0) is 13.6 Å². The lowest BCUT2D eigenvalue weighted by molar-refractivity contribution is 0.507. The molecule has 1 heterocycles. The van der Waals surface area contributed by atoms with Gasteiger partial charge in [-0.1, -0.05) is 13.3 Å². The number of nitrogens with zero attached hydrogens (tertiary/aromatic N) is 2. The number of rotatable bonds is 5. The number of nitrogens with one attached hydrogen (secondary N) is 1. The minimum Gasteiger partial charge on any atom is -0.310 e. The summed E-state index contributed by atoms with van der Waals surface area (Å²) in [6.45, 7) is 7.48. The summed E-state index contributed by atoms with van der Waals surface area (Å²) in [5.74, 6) is 0. The molecule has 0 fully saturated rings. The second kappa shape index (κ2) is 5.15. The summed E-state index contributed by atoms with van der Waals surface area (Å²) in [6.07, 6.45) is 4.42. The van der Waals surface area contributed by atoms with Gasteiger partial charge in [-0.05, 0) is 20.3 Å². The largest absolute Gasteiger partial charge is 0.310 e. The molecule has 0 aliphatic rings. The van der Waals surface area contributed by atoms with E-state index in [0.29, 0.717) is 6.04 Å². The van der Waals surface area contributed by atoms with Crippen LogP contribution in [0.2, 0.25) is 0 Å². The molecular weight excluding hydrogens is 174 g/mol. The average molecular weight is 195 g/mol. The van der Waals surface area contributed by atoms with E-state index in [-0.39, 0.29) is 0 Å². The van der Waals surface area contributed by atoms with Gasteiger partial charge >= 0.3 is 0 Å². The van der Waals surface area contributed by atoms with Crippen LogP contribution in [0.25, 0.3) is 0 Å². The van der Waals surface area contributed by atoms with E-state index in [4.69, 9.17) is 0 Å². The van der Waals surface area contributed by atoms with Crippen LogP contribution >= 0.6 is 0 Å². The maximum atomic E-state index is 4.22. The SMILES string of the molecule is CCCC(C)NCc1cnn(C)c1C. The van der Waals surface area contributed by atoms with Crippen molar-refractivity contribution in [2.24, 2.45) is 7.05 Å². The highest BCUT2D eigenvalue weighted by atomic mass is 15.3. The Hall–Kier alpha value is -0.830. The van der Waals surface area contributed by atoms with Gasteiger partial charge in [-0.25, -0.2) is 0 Å². The lowest BCUT2D eigenvalue weighted by Gasteiger charge is -2.11. The van der Waals surface area contributed by atoms with Gasteiger partial charge in [0.25, 0.3) is 0 Å². The Bertz CT molecular complexity index is 278. The third kappa shape index (κ3) is 2.84. The molecule has 1 rings (SSSR count). The molecule has 0 amide bonds. The van der Waals surface area contributed by atoms with E-state index in [9.17, 15) is 0 Å². The highest BCUT2D eigenvalue weighted by Crippen LogP contribution is 2.06. The van der Waals surface area contributed by atoms with Crippen LogP contribution in [0.3, 0.4) is 0 Å². The van der Waals surface area contributed by atoms with Gasteiger partial charge in [0.1, 0.15) is 0 Å². The zero-order valence-corrected chi connectivity index (χ0v) is 9.67. The van der Waals surface area contributed by atoms with Crippen molar-refractivity contribution >= 4 is 0 Å². The highest BCUT2D eigenvalue weighted by Gasteiger charge is 2.05. The fourth-order valence-corrected chi connectivity index (χ4v) is 1.54. The van der Waals surface area contributed by atoms with Gasteiger partial charge in [-0.15, -0.1) is 0 Å². The summed E-state index contributed by atoms with van der Waals surface area (Å²) >= 11 is 0. The zero-order chi connectivity index (χ0) is 10.6. The first-order valence-corrected chi connectivity index (χ1v) is 5.36. The lowest BCUT2D eigenvalue weighted by Crippen LogP contribution is -2.25. The monoisotopic (exact) mass is 195 g/mol. The normalized spacial score (nSPS) is 13.1. The predicted octanol–water partition coefficient (Wildman–Crippen LogP) is 2.01. The third-order valence-corrected chi connectivity index (χ3v) is 2.70. The Balaban J connectivity index is 2.41. The molecular formula is C11H21N3. The minimum atomic E-state index is 0.597. The molecule has 14 heavy (non-hydrogen) atoms. The quantitative estimate of drug-likeness (QED) is 0.779. The van der Waals surface area contributed by atoms with E-state index in [1.54, 1.807) is 0 Å². The number of hydrogen-bond donors (Lipinski definition) is 1. The molecule has 1 aromatic heterocycles. The van der Waals surface area contributed by atoms with Crippen LogP contribution in [0.4, 0.5) is 0 Å². The molecule has 0 saturated heterocycles. The summed E-state index contributed by atoms with van der Waals surface area (Å²) in [5.41, 5.74) is 2.55. The molecule has 1 unspecified atom stereocenters. The van der Waals surface area contributed by atoms with Crippen molar-refractivity contribution in [3.63, 3.8) is 0 Å². The molecule has 0 aliphatic heterocycles. The molecule has 0 aromatic carbocycles. The van der Waals surface area contributed by atoms with Crippen molar-refractivity contribution in [1.29, 1.82) is 0 Å². The minimum absolute atomic E-state index is 0.597. The van der Waals surface area contributed by atoms with Crippen molar-refractivity contribution in [3.8, 4) is 0 Å². The van der Waals surface area contributed by atoms with Crippen LogP contribution in [0.1, 0.15) is 37.9 Å². The number of aryl methyl sites for hydroxylation is 1. The van der Waals surface area contributed by atoms with Crippen molar-refractivity contribution in [3.05, 3.63) is 17.5 Å². The van der Waals surface area contributed by atoms with Crippen LogP contribution in [0, 0.1) is 6.92 Å². The van der Waals surface area contributed by atoms with Gasteiger partial charge in [0.05, 0.1) is 6.20 Å². The fraction of sp³-hybridized carbons (Fsp3) is 0.727. The van der Waals surface area contributed by atoms with Crippen LogP contribution in [0.15, 0.2) is 6.20 Å². The van der Waals surface area contributed by atoms with E-state index in [2.05, 4.69) is 31.2 Å². The summed E-state index contributed by atoms with van der Waals surface area (Å²) in [4.78, 5) is 0. The van der Waals surface area contributed by atoms with E-state index >= 15 is 0 Å². The van der Waals surface area contributed by atoms with Gasteiger partial charge < -0.3 is 5.32 Å². The predicted molar refractivity (Wildman–Crippen MR) is 59.2 cm³/mol. The van der Waals surface area contributed by atoms with Gasteiger partial charge in [0, 0.05) is 30.9 Å². The second-order valence-corrected chi connectivity index (χ2v) is 3.95.